The van der Waals surface area contributed by atoms with Gasteiger partial charge in [0.15, 0.2) is 5.65 Å². The molecule has 0 spiro atoms. The van der Waals surface area contributed by atoms with Gasteiger partial charge in [-0.2, -0.15) is 0 Å². The Hall–Kier alpha value is -2.32. The van der Waals surface area contributed by atoms with E-state index in [1.165, 1.54) is 25.0 Å². The number of fused-ring (bicyclic) bond motifs is 1. The Bertz CT molecular complexity index is 708. The minimum absolute atomic E-state index is 0.0919. The van der Waals surface area contributed by atoms with Crippen LogP contribution in [0.25, 0.3) is 11.2 Å². The van der Waals surface area contributed by atoms with E-state index in [-0.39, 0.29) is 5.91 Å². The summed E-state index contributed by atoms with van der Waals surface area (Å²) in [6, 6.07) is 0. The van der Waals surface area contributed by atoms with Crippen molar-refractivity contribution in [3.8, 4) is 0 Å². The first-order chi connectivity index (χ1) is 10.7. The molecule has 2 rings (SSSR count). The largest absolute Gasteiger partial charge is 0.273 e. The topological polar surface area (TPSA) is 114 Å². The second-order valence-corrected chi connectivity index (χ2v) is 5.25. The number of amides is 1. The fourth-order valence-electron chi connectivity index (χ4n) is 2.04. The summed E-state index contributed by atoms with van der Waals surface area (Å²) in [6.07, 6.45) is 6.48. The first kappa shape index (κ1) is 16.1. The fraction of sp³-hybridized carbons (Fsp3) is 0.500. The molecule has 0 aliphatic heterocycles. The Morgan fingerprint density at radius 3 is 2.95 bits per heavy atom. The Morgan fingerprint density at radius 1 is 1.45 bits per heavy atom. The first-order valence-electron chi connectivity index (χ1n) is 6.72. The number of nitrogens with zero attached hydrogens (tertiary/aromatic N) is 7. The molecule has 0 aliphatic rings. The molecule has 9 nitrogen and oxygen atoms in total. The van der Waals surface area contributed by atoms with Gasteiger partial charge in [-0.3, -0.25) is 4.79 Å². The lowest BCUT2D eigenvalue weighted by Crippen LogP contribution is -2.39. The molecule has 22 heavy (non-hydrogen) atoms. The maximum absolute atomic E-state index is 11.9. The smallest absolute Gasteiger partial charge is 0.238 e. The van der Waals surface area contributed by atoms with Crippen LogP contribution in [0.4, 0.5) is 0 Å². The summed E-state index contributed by atoms with van der Waals surface area (Å²) >= 11 is 1.49. The summed E-state index contributed by atoms with van der Waals surface area (Å²) in [7, 11) is 0. The zero-order valence-corrected chi connectivity index (χ0v) is 13.2. The van der Waals surface area contributed by atoms with Crippen LogP contribution in [0.1, 0.15) is 19.8 Å². The molecule has 2 heterocycles. The molecule has 0 bridgehead atoms. The lowest BCUT2D eigenvalue weighted by atomic mass is 10.3. The molecule has 116 valence electrons. The Kier molecular flexibility index (Phi) is 5.56. The van der Waals surface area contributed by atoms with Gasteiger partial charge >= 0.3 is 0 Å². The predicted octanol–water partition coefficient (Wildman–Crippen LogP) is 1.36. The fourth-order valence-corrected chi connectivity index (χ4v) is 2.53. The molecule has 2 aromatic heterocycles. The average molecular weight is 321 g/mol. The highest BCUT2D eigenvalue weighted by molar-refractivity contribution is 7.98. The van der Waals surface area contributed by atoms with Crippen molar-refractivity contribution in [1.82, 2.24) is 24.5 Å². The first-order valence-corrected chi connectivity index (χ1v) is 7.95. The Balaban J connectivity index is 2.22. The molecule has 0 aliphatic carbocycles. The lowest BCUT2D eigenvalue weighted by Gasteiger charge is -2.21. The molecule has 2 aromatic rings. The van der Waals surface area contributed by atoms with E-state index in [0.717, 1.165) is 17.9 Å². The van der Waals surface area contributed by atoms with Crippen LogP contribution in [0, 0.1) is 5.53 Å². The Morgan fingerprint density at radius 2 is 2.27 bits per heavy atom. The van der Waals surface area contributed by atoms with Crippen LogP contribution >= 0.6 is 11.8 Å². The van der Waals surface area contributed by atoms with Gasteiger partial charge in [0.1, 0.15) is 40.4 Å². The maximum atomic E-state index is 11.9. The minimum atomic E-state index is -0.0919. The highest BCUT2D eigenvalue weighted by atomic mass is 32.2. The van der Waals surface area contributed by atoms with Gasteiger partial charge in [-0.05, 0) is 19.1 Å². The van der Waals surface area contributed by atoms with Gasteiger partial charge in [0.2, 0.25) is 10.8 Å². The predicted molar refractivity (Wildman–Crippen MR) is 82.3 cm³/mol. The molecule has 0 atom stereocenters. The van der Waals surface area contributed by atoms with Crippen LogP contribution in [-0.4, -0.2) is 44.9 Å². The molecular formula is C12H17N8OS+. The summed E-state index contributed by atoms with van der Waals surface area (Å²) in [5, 5.41) is 5.96. The van der Waals surface area contributed by atoms with Crippen LogP contribution in [0.15, 0.2) is 22.8 Å². The van der Waals surface area contributed by atoms with Gasteiger partial charge in [0, 0.05) is 13.5 Å². The summed E-state index contributed by atoms with van der Waals surface area (Å²) in [5.74, 6) is -0.0919. The third kappa shape index (κ3) is 3.46. The molecule has 1 amide bonds. The number of nitrogens with one attached hydrogen (secondary N) is 1. The standard InChI is InChI=1S/C12H17N8OS/c1-9(21)19(6-4-3-5-17-18-13)20-8-16-10-11(20)14-7-15-12(10)22-2/h7-8,13H,3-6H2,1-2H3/q+1. The highest BCUT2D eigenvalue weighted by Gasteiger charge is 2.17. The summed E-state index contributed by atoms with van der Waals surface area (Å²) in [6.45, 7) is 2.51. The van der Waals surface area contributed by atoms with Gasteiger partial charge in [-0.15, -0.1) is 11.8 Å². The minimum Gasteiger partial charge on any atom is -0.273 e. The molecule has 0 radical (unpaired) electrons. The summed E-state index contributed by atoms with van der Waals surface area (Å²) in [5.41, 5.74) is 7.89. The number of hydrogen-bond donors (Lipinski definition) is 1. The maximum Gasteiger partial charge on any atom is 0.238 e. The third-order valence-corrected chi connectivity index (χ3v) is 3.73. The Labute approximate surface area is 131 Å². The SMILES string of the molecule is CSc1ncnc2c1ncn2N(CCCCN=[N+]=N)C(C)=O. The number of imidazole rings is 1. The number of carbonyl (C=O) groups is 1. The van der Waals surface area contributed by atoms with Crippen molar-refractivity contribution in [2.24, 2.45) is 5.11 Å². The van der Waals surface area contributed by atoms with Crippen molar-refractivity contribution >= 4 is 28.8 Å². The summed E-state index contributed by atoms with van der Waals surface area (Å²) in [4.78, 5) is 27.6. The van der Waals surface area contributed by atoms with Crippen molar-refractivity contribution in [3.05, 3.63) is 12.7 Å². The molecule has 0 unspecified atom stereocenters. The van der Waals surface area contributed by atoms with Crippen molar-refractivity contribution in [1.29, 1.82) is 5.53 Å². The van der Waals surface area contributed by atoms with Gasteiger partial charge in [0.25, 0.3) is 0 Å². The molecular weight excluding hydrogens is 304 g/mol. The van der Waals surface area contributed by atoms with E-state index >= 15 is 0 Å². The van der Waals surface area contributed by atoms with E-state index in [4.69, 9.17) is 5.53 Å². The lowest BCUT2D eigenvalue weighted by molar-refractivity contribution is -0.118. The van der Waals surface area contributed by atoms with Crippen molar-refractivity contribution in [2.75, 3.05) is 24.4 Å². The van der Waals surface area contributed by atoms with Crippen molar-refractivity contribution in [2.45, 2.75) is 24.8 Å². The van der Waals surface area contributed by atoms with Crippen LogP contribution in [0.5, 0.6) is 0 Å². The molecule has 0 saturated heterocycles. The molecule has 0 aromatic carbocycles. The van der Waals surface area contributed by atoms with Crippen molar-refractivity contribution < 1.29 is 4.79 Å². The van der Waals surface area contributed by atoms with E-state index in [1.54, 1.807) is 16.0 Å². The van der Waals surface area contributed by atoms with E-state index in [2.05, 4.69) is 25.0 Å². The third-order valence-electron chi connectivity index (χ3n) is 3.05. The van der Waals surface area contributed by atoms with E-state index < -0.39 is 0 Å². The second-order valence-electron chi connectivity index (χ2n) is 4.46. The number of rotatable bonds is 7. The number of unbranched alkanes of at least 4 members (excludes halogenated alkanes) is 1. The highest BCUT2D eigenvalue weighted by Crippen LogP contribution is 2.21. The quantitative estimate of drug-likeness (QED) is 0.272. The van der Waals surface area contributed by atoms with Crippen molar-refractivity contribution in [3.63, 3.8) is 0 Å². The monoisotopic (exact) mass is 321 g/mol. The van der Waals surface area contributed by atoms with Crippen LogP contribution in [0.2, 0.25) is 0 Å². The number of aromatic nitrogens is 4. The molecule has 10 heteroatoms. The van der Waals surface area contributed by atoms with E-state index in [0.29, 0.717) is 24.3 Å². The number of thioether (sulfide) groups is 1. The molecule has 0 saturated carbocycles. The van der Waals surface area contributed by atoms with Crippen LogP contribution in [0.3, 0.4) is 0 Å². The van der Waals surface area contributed by atoms with Gasteiger partial charge in [-0.1, -0.05) is 0 Å². The zero-order chi connectivity index (χ0) is 15.9. The van der Waals surface area contributed by atoms with Gasteiger partial charge in [-0.25, -0.2) is 24.6 Å². The molecule has 0 fully saturated rings. The van der Waals surface area contributed by atoms with E-state index in [1.807, 2.05) is 6.26 Å². The van der Waals surface area contributed by atoms with Crippen LogP contribution in [-0.2, 0) is 4.79 Å². The molecule has 1 N–H and O–H groups in total. The van der Waals surface area contributed by atoms with Crippen LogP contribution < -0.4 is 9.92 Å². The van der Waals surface area contributed by atoms with E-state index in [9.17, 15) is 4.79 Å². The number of carbonyl (C=O) groups excluding carboxylic acids is 1. The number of hydrogen-bond acceptors (Lipinski definition) is 7. The van der Waals surface area contributed by atoms with Gasteiger partial charge in [0.05, 0.1) is 0 Å². The van der Waals surface area contributed by atoms with Gasteiger partial charge < -0.3 is 0 Å². The zero-order valence-electron chi connectivity index (χ0n) is 12.4. The second kappa shape index (κ2) is 7.62. The summed E-state index contributed by atoms with van der Waals surface area (Å²) < 4.78 is 1.66. The average Bonchev–Trinajstić information content (AvgIpc) is 2.94. The normalized spacial score (nSPS) is 10.5.